The second-order valence-electron chi connectivity index (χ2n) is 10.2. The summed E-state index contributed by atoms with van der Waals surface area (Å²) in [6.07, 6.45) is 4.06. The summed E-state index contributed by atoms with van der Waals surface area (Å²) in [6.45, 7) is 8.79. The standard InChI is InChI=1S/C28H35N5O3/c1-5-36-23-13-9-12-22(16-23)33-18-24(21-10-7-6-8-11-21)29-26(33)30-25(34)19-32(17-20-14-15-20)27(35)31-28(2,3)4/h6-13,16,18,20H,5,14-15,17,19H2,1-4H3,(H,31,35)(H,29,30,34). The molecule has 0 atom stereocenters. The topological polar surface area (TPSA) is 88.5 Å². The first-order valence-electron chi connectivity index (χ1n) is 12.5. The summed E-state index contributed by atoms with van der Waals surface area (Å²) in [5.41, 5.74) is 2.09. The lowest BCUT2D eigenvalue weighted by molar-refractivity contribution is -0.116. The van der Waals surface area contributed by atoms with Gasteiger partial charge >= 0.3 is 6.03 Å². The van der Waals surface area contributed by atoms with Crippen LogP contribution in [0.5, 0.6) is 5.75 Å². The van der Waals surface area contributed by atoms with Gasteiger partial charge in [-0.05, 0) is 58.6 Å². The highest BCUT2D eigenvalue weighted by atomic mass is 16.5. The summed E-state index contributed by atoms with van der Waals surface area (Å²) in [6, 6.07) is 17.2. The van der Waals surface area contributed by atoms with Gasteiger partial charge in [0.2, 0.25) is 11.9 Å². The number of nitrogens with zero attached hydrogens (tertiary/aromatic N) is 3. The highest BCUT2D eigenvalue weighted by Gasteiger charge is 2.29. The van der Waals surface area contributed by atoms with Crippen LogP contribution in [0.2, 0.25) is 0 Å². The molecule has 36 heavy (non-hydrogen) atoms. The van der Waals surface area contributed by atoms with Crippen LogP contribution >= 0.6 is 0 Å². The van der Waals surface area contributed by atoms with Gasteiger partial charge in [-0.25, -0.2) is 9.78 Å². The number of ether oxygens (including phenoxy) is 1. The van der Waals surface area contributed by atoms with Gasteiger partial charge in [-0.2, -0.15) is 0 Å². The van der Waals surface area contributed by atoms with Crippen molar-refractivity contribution in [3.05, 3.63) is 60.8 Å². The van der Waals surface area contributed by atoms with Gasteiger partial charge in [0.25, 0.3) is 0 Å². The molecule has 8 nitrogen and oxygen atoms in total. The molecule has 190 valence electrons. The molecule has 3 amide bonds. The van der Waals surface area contributed by atoms with Gasteiger partial charge in [-0.1, -0.05) is 36.4 Å². The Kier molecular flexibility index (Phi) is 7.62. The minimum atomic E-state index is -0.387. The summed E-state index contributed by atoms with van der Waals surface area (Å²) >= 11 is 0. The van der Waals surface area contributed by atoms with Crippen LogP contribution in [0.4, 0.5) is 10.7 Å². The summed E-state index contributed by atoms with van der Waals surface area (Å²) < 4.78 is 7.51. The summed E-state index contributed by atoms with van der Waals surface area (Å²) in [7, 11) is 0. The van der Waals surface area contributed by atoms with Crippen molar-refractivity contribution in [2.45, 2.75) is 46.1 Å². The van der Waals surface area contributed by atoms with Crippen molar-refractivity contribution in [1.82, 2.24) is 19.8 Å². The van der Waals surface area contributed by atoms with E-state index >= 15 is 0 Å². The van der Waals surface area contributed by atoms with Gasteiger partial charge in [0.15, 0.2) is 0 Å². The van der Waals surface area contributed by atoms with Crippen molar-refractivity contribution in [1.29, 1.82) is 0 Å². The molecule has 0 radical (unpaired) electrons. The minimum Gasteiger partial charge on any atom is -0.494 e. The number of amides is 3. The molecule has 1 saturated carbocycles. The van der Waals surface area contributed by atoms with Crippen molar-refractivity contribution in [3.8, 4) is 22.7 Å². The predicted octanol–water partition coefficient (Wildman–Crippen LogP) is 5.10. The smallest absolute Gasteiger partial charge is 0.318 e. The van der Waals surface area contributed by atoms with Crippen LogP contribution in [0.3, 0.4) is 0 Å². The number of aromatic nitrogens is 2. The van der Waals surface area contributed by atoms with Crippen LogP contribution in [0.15, 0.2) is 60.8 Å². The average molecular weight is 490 g/mol. The Hall–Kier alpha value is -3.81. The maximum Gasteiger partial charge on any atom is 0.318 e. The molecule has 0 unspecified atom stereocenters. The highest BCUT2D eigenvalue weighted by Crippen LogP contribution is 2.30. The molecule has 2 aromatic carbocycles. The zero-order valence-electron chi connectivity index (χ0n) is 21.5. The lowest BCUT2D eigenvalue weighted by atomic mass is 10.1. The lowest BCUT2D eigenvalue weighted by Gasteiger charge is -2.28. The Balaban J connectivity index is 1.59. The number of nitrogens with one attached hydrogen (secondary N) is 2. The molecule has 1 aromatic heterocycles. The average Bonchev–Trinajstić information content (AvgIpc) is 3.55. The molecule has 4 rings (SSSR count). The van der Waals surface area contributed by atoms with Crippen LogP contribution in [-0.4, -0.2) is 51.6 Å². The van der Waals surface area contributed by atoms with Crippen molar-refractivity contribution in [3.63, 3.8) is 0 Å². The molecule has 1 aliphatic carbocycles. The third kappa shape index (κ3) is 6.87. The zero-order chi connectivity index (χ0) is 25.7. The first-order chi connectivity index (χ1) is 17.2. The Morgan fingerprint density at radius 3 is 2.53 bits per heavy atom. The van der Waals surface area contributed by atoms with Gasteiger partial charge in [-0.15, -0.1) is 0 Å². The molecule has 1 fully saturated rings. The fourth-order valence-corrected chi connectivity index (χ4v) is 3.87. The predicted molar refractivity (Wildman–Crippen MR) is 141 cm³/mol. The van der Waals surface area contributed by atoms with Gasteiger partial charge in [-0.3, -0.25) is 14.7 Å². The van der Waals surface area contributed by atoms with Gasteiger partial charge in [0.1, 0.15) is 12.3 Å². The largest absolute Gasteiger partial charge is 0.494 e. The summed E-state index contributed by atoms with van der Waals surface area (Å²) in [4.78, 5) is 32.4. The first-order valence-corrected chi connectivity index (χ1v) is 12.5. The van der Waals surface area contributed by atoms with Crippen molar-refractivity contribution < 1.29 is 14.3 Å². The fourth-order valence-electron chi connectivity index (χ4n) is 3.87. The third-order valence-corrected chi connectivity index (χ3v) is 5.71. The van der Waals surface area contributed by atoms with Gasteiger partial charge < -0.3 is 15.0 Å². The molecule has 0 spiro atoms. The summed E-state index contributed by atoms with van der Waals surface area (Å²) in [5, 5.41) is 5.92. The van der Waals surface area contributed by atoms with E-state index in [1.165, 1.54) is 0 Å². The maximum atomic E-state index is 13.2. The number of benzene rings is 2. The normalized spacial score (nSPS) is 13.2. The molecular formula is C28H35N5O3. The number of carbonyl (C=O) groups is 2. The molecule has 0 bridgehead atoms. The number of anilines is 1. The van der Waals surface area contributed by atoms with E-state index in [2.05, 4.69) is 10.6 Å². The van der Waals surface area contributed by atoms with Crippen LogP contribution in [0.25, 0.3) is 16.9 Å². The number of carbonyl (C=O) groups excluding carboxylic acids is 2. The Bertz CT molecular complexity index is 1200. The lowest BCUT2D eigenvalue weighted by Crippen LogP contribution is -2.51. The molecule has 3 aromatic rings. The van der Waals surface area contributed by atoms with Crippen LogP contribution in [0.1, 0.15) is 40.5 Å². The fraction of sp³-hybridized carbons (Fsp3) is 0.393. The van der Waals surface area contributed by atoms with Gasteiger partial charge in [0, 0.05) is 29.9 Å². The van der Waals surface area contributed by atoms with Crippen LogP contribution in [0, 0.1) is 5.92 Å². The van der Waals surface area contributed by atoms with E-state index < -0.39 is 0 Å². The van der Waals surface area contributed by atoms with E-state index in [1.807, 2.05) is 93.1 Å². The van der Waals surface area contributed by atoms with E-state index in [0.29, 0.717) is 25.0 Å². The van der Waals surface area contributed by atoms with Crippen molar-refractivity contribution in [2.24, 2.45) is 5.92 Å². The Morgan fingerprint density at radius 2 is 1.86 bits per heavy atom. The zero-order valence-corrected chi connectivity index (χ0v) is 21.5. The molecular weight excluding hydrogens is 454 g/mol. The molecule has 1 aliphatic rings. The number of imidazole rings is 1. The second-order valence-corrected chi connectivity index (χ2v) is 10.2. The Labute approximate surface area is 212 Å². The minimum absolute atomic E-state index is 0.0507. The first kappa shape index (κ1) is 25.3. The Morgan fingerprint density at radius 1 is 1.11 bits per heavy atom. The van der Waals surface area contributed by atoms with Crippen molar-refractivity contribution in [2.75, 3.05) is 25.0 Å². The summed E-state index contributed by atoms with van der Waals surface area (Å²) in [5.74, 6) is 1.27. The molecule has 1 heterocycles. The van der Waals surface area contributed by atoms with E-state index in [9.17, 15) is 9.59 Å². The molecule has 0 aliphatic heterocycles. The number of urea groups is 1. The number of hydrogen-bond donors (Lipinski definition) is 2. The van der Waals surface area contributed by atoms with Crippen LogP contribution < -0.4 is 15.4 Å². The van der Waals surface area contributed by atoms with E-state index in [-0.39, 0.29) is 24.0 Å². The van der Waals surface area contributed by atoms with E-state index in [1.54, 1.807) is 4.90 Å². The SMILES string of the molecule is CCOc1cccc(-n2cc(-c3ccccc3)nc2NC(=O)CN(CC2CC2)C(=O)NC(C)(C)C)c1. The second kappa shape index (κ2) is 10.8. The highest BCUT2D eigenvalue weighted by molar-refractivity contribution is 5.93. The monoisotopic (exact) mass is 489 g/mol. The molecule has 0 saturated heterocycles. The molecule has 8 heteroatoms. The third-order valence-electron chi connectivity index (χ3n) is 5.71. The number of rotatable bonds is 9. The molecule has 2 N–H and O–H groups in total. The quantitative estimate of drug-likeness (QED) is 0.438. The van der Waals surface area contributed by atoms with E-state index in [0.717, 1.165) is 35.5 Å². The maximum absolute atomic E-state index is 13.2. The van der Waals surface area contributed by atoms with Crippen molar-refractivity contribution >= 4 is 17.9 Å². The van der Waals surface area contributed by atoms with Crippen LogP contribution in [-0.2, 0) is 4.79 Å². The van der Waals surface area contributed by atoms with E-state index in [4.69, 9.17) is 9.72 Å². The number of hydrogen-bond acceptors (Lipinski definition) is 4. The van der Waals surface area contributed by atoms with Gasteiger partial charge in [0.05, 0.1) is 18.0 Å².